The Morgan fingerprint density at radius 1 is 1.00 bits per heavy atom. The summed E-state index contributed by atoms with van der Waals surface area (Å²) in [5.74, 6) is 0.673. The maximum absolute atomic E-state index is 12.0. The lowest BCUT2D eigenvalue weighted by atomic mass is 10.0. The highest BCUT2D eigenvalue weighted by Gasteiger charge is 2.24. The van der Waals surface area contributed by atoms with Crippen LogP contribution in [0.15, 0.2) is 18.2 Å². The Hall–Kier alpha value is -2.36. The third-order valence-electron chi connectivity index (χ3n) is 4.07. The Morgan fingerprint density at radius 2 is 1.52 bits per heavy atom. The highest BCUT2D eigenvalue weighted by atomic mass is 16.5. The van der Waals surface area contributed by atoms with E-state index < -0.39 is 0 Å². The van der Waals surface area contributed by atoms with Gasteiger partial charge in [-0.3, -0.25) is 9.59 Å². The summed E-state index contributed by atoms with van der Waals surface area (Å²) in [6.07, 6.45) is 0. The van der Waals surface area contributed by atoms with Crippen molar-refractivity contribution in [3.8, 4) is 11.4 Å². The molecule has 2 aromatic rings. The maximum Gasteiger partial charge on any atom is 0.162 e. The number of hydrogen-bond donors (Lipinski definition) is 0. The smallest absolute Gasteiger partial charge is 0.162 e. The first-order valence-electron chi connectivity index (χ1n) is 7.77. The van der Waals surface area contributed by atoms with Crippen molar-refractivity contribution in [2.24, 2.45) is 0 Å². The van der Waals surface area contributed by atoms with E-state index in [0.29, 0.717) is 17.7 Å². The third kappa shape index (κ3) is 2.93. The first-order chi connectivity index (χ1) is 10.8. The van der Waals surface area contributed by atoms with Crippen LogP contribution in [0.4, 0.5) is 0 Å². The summed E-state index contributed by atoms with van der Waals surface area (Å²) >= 11 is 0. The van der Waals surface area contributed by atoms with Crippen LogP contribution >= 0.6 is 0 Å². The molecule has 0 aliphatic rings. The lowest BCUT2D eigenvalue weighted by molar-refractivity contribution is 0.0981. The molecule has 0 aliphatic heterocycles. The molecule has 2 rings (SSSR count). The summed E-state index contributed by atoms with van der Waals surface area (Å²) in [6.45, 7) is 11.3. The molecule has 1 heterocycles. The molecular formula is C19H23NO3. The van der Waals surface area contributed by atoms with Crippen LogP contribution in [0.3, 0.4) is 0 Å². The number of hydrogen-bond acceptors (Lipinski definition) is 3. The minimum absolute atomic E-state index is 0.0859. The van der Waals surface area contributed by atoms with Crippen LogP contribution in [0.2, 0.25) is 0 Å². The van der Waals surface area contributed by atoms with Gasteiger partial charge in [-0.05, 0) is 65.3 Å². The normalized spacial score (nSPS) is 10.7. The summed E-state index contributed by atoms with van der Waals surface area (Å²) < 4.78 is 7.54. The number of nitrogens with zero attached hydrogens (tertiary/aromatic N) is 1. The molecule has 0 saturated carbocycles. The molecule has 23 heavy (non-hydrogen) atoms. The lowest BCUT2D eigenvalue weighted by Crippen LogP contribution is -2.02. The molecule has 122 valence electrons. The van der Waals surface area contributed by atoms with Crippen LogP contribution in [-0.2, 0) is 0 Å². The molecule has 1 aromatic heterocycles. The zero-order valence-electron chi connectivity index (χ0n) is 14.6. The van der Waals surface area contributed by atoms with Crippen molar-refractivity contribution in [3.05, 3.63) is 46.3 Å². The van der Waals surface area contributed by atoms with Crippen LogP contribution in [-0.4, -0.2) is 22.7 Å². The molecule has 0 radical (unpaired) electrons. The molecule has 1 aromatic carbocycles. The standard InChI is InChI=1S/C19H23NO3/c1-7-23-17-9-8-16(10-11(17)2)20-12(3)18(14(5)21)19(13(20)4)15(6)22/h8-10H,7H2,1-6H3. The van der Waals surface area contributed by atoms with Crippen LogP contribution in [0, 0.1) is 20.8 Å². The van der Waals surface area contributed by atoms with Gasteiger partial charge >= 0.3 is 0 Å². The van der Waals surface area contributed by atoms with Gasteiger partial charge in [0, 0.05) is 28.2 Å². The van der Waals surface area contributed by atoms with Gasteiger partial charge in [-0.25, -0.2) is 0 Å². The fourth-order valence-electron chi connectivity index (χ4n) is 3.18. The second-order valence-corrected chi connectivity index (χ2v) is 5.75. The van der Waals surface area contributed by atoms with Crippen molar-refractivity contribution < 1.29 is 14.3 Å². The van der Waals surface area contributed by atoms with E-state index in [1.165, 1.54) is 13.8 Å². The largest absolute Gasteiger partial charge is 0.494 e. The average molecular weight is 313 g/mol. The van der Waals surface area contributed by atoms with Crippen molar-refractivity contribution in [2.75, 3.05) is 6.61 Å². The molecule has 0 aliphatic carbocycles. The number of ether oxygens (including phenoxy) is 1. The van der Waals surface area contributed by atoms with E-state index in [1.807, 2.05) is 50.5 Å². The van der Waals surface area contributed by atoms with Gasteiger partial charge in [0.2, 0.25) is 0 Å². The maximum atomic E-state index is 12.0. The minimum atomic E-state index is -0.0859. The van der Waals surface area contributed by atoms with Gasteiger partial charge in [-0.2, -0.15) is 0 Å². The quantitative estimate of drug-likeness (QED) is 0.777. The lowest BCUT2D eigenvalue weighted by Gasteiger charge is -2.13. The highest BCUT2D eigenvalue weighted by Crippen LogP contribution is 2.29. The fraction of sp³-hybridized carbons (Fsp3) is 0.368. The van der Waals surface area contributed by atoms with Crippen LogP contribution < -0.4 is 4.74 Å². The number of ketones is 2. The Labute approximate surface area is 137 Å². The van der Waals surface area contributed by atoms with Gasteiger partial charge in [0.1, 0.15) is 5.75 Å². The number of carbonyl (C=O) groups excluding carboxylic acids is 2. The molecule has 0 bridgehead atoms. The topological polar surface area (TPSA) is 48.3 Å². The number of Topliss-reactive ketones (excluding diaryl/α,β-unsaturated/α-hetero) is 2. The number of rotatable bonds is 5. The second-order valence-electron chi connectivity index (χ2n) is 5.75. The van der Waals surface area contributed by atoms with Gasteiger partial charge in [-0.1, -0.05) is 0 Å². The Morgan fingerprint density at radius 3 is 1.91 bits per heavy atom. The summed E-state index contributed by atoms with van der Waals surface area (Å²) in [7, 11) is 0. The molecule has 0 atom stereocenters. The van der Waals surface area contributed by atoms with Gasteiger partial charge in [-0.15, -0.1) is 0 Å². The summed E-state index contributed by atoms with van der Waals surface area (Å²) in [6, 6.07) is 5.89. The first kappa shape index (κ1) is 17.0. The van der Waals surface area contributed by atoms with E-state index in [2.05, 4.69) is 0 Å². The van der Waals surface area contributed by atoms with Crippen LogP contribution in [0.25, 0.3) is 5.69 Å². The van der Waals surface area contributed by atoms with Crippen molar-refractivity contribution in [2.45, 2.75) is 41.5 Å². The van der Waals surface area contributed by atoms with Crippen LogP contribution in [0.5, 0.6) is 5.75 Å². The summed E-state index contributed by atoms with van der Waals surface area (Å²) in [5.41, 5.74) is 4.57. The zero-order valence-corrected chi connectivity index (χ0v) is 14.6. The summed E-state index contributed by atoms with van der Waals surface area (Å²) in [4.78, 5) is 24.0. The zero-order chi connectivity index (χ0) is 17.3. The SMILES string of the molecule is CCOc1ccc(-n2c(C)c(C(C)=O)c(C(C)=O)c2C)cc1C. The van der Waals surface area contributed by atoms with Crippen molar-refractivity contribution in [3.63, 3.8) is 0 Å². The first-order valence-corrected chi connectivity index (χ1v) is 7.77. The van der Waals surface area contributed by atoms with Crippen LogP contribution in [0.1, 0.15) is 58.4 Å². The Balaban J connectivity index is 2.69. The van der Waals surface area contributed by atoms with Gasteiger partial charge in [0.05, 0.1) is 6.61 Å². The Kier molecular flexibility index (Phi) is 4.73. The van der Waals surface area contributed by atoms with E-state index in [4.69, 9.17) is 4.74 Å². The van der Waals surface area contributed by atoms with Crippen molar-refractivity contribution >= 4 is 11.6 Å². The molecule has 0 spiro atoms. The van der Waals surface area contributed by atoms with E-state index in [-0.39, 0.29) is 11.6 Å². The molecule has 0 amide bonds. The monoisotopic (exact) mass is 313 g/mol. The number of aromatic nitrogens is 1. The molecule has 0 unspecified atom stereocenters. The number of carbonyl (C=O) groups is 2. The number of benzene rings is 1. The van der Waals surface area contributed by atoms with Gasteiger partial charge < -0.3 is 9.30 Å². The molecule has 0 fully saturated rings. The predicted octanol–water partition coefficient (Wildman–Crippen LogP) is 4.21. The molecular weight excluding hydrogens is 290 g/mol. The summed E-state index contributed by atoms with van der Waals surface area (Å²) in [5, 5.41) is 0. The van der Waals surface area contributed by atoms with Crippen molar-refractivity contribution in [1.29, 1.82) is 0 Å². The van der Waals surface area contributed by atoms with Gasteiger partial charge in [0.15, 0.2) is 11.6 Å². The van der Waals surface area contributed by atoms with Crippen molar-refractivity contribution in [1.82, 2.24) is 4.57 Å². The molecule has 0 saturated heterocycles. The fourth-order valence-corrected chi connectivity index (χ4v) is 3.18. The van der Waals surface area contributed by atoms with E-state index >= 15 is 0 Å². The average Bonchev–Trinajstić information content (AvgIpc) is 2.73. The third-order valence-corrected chi connectivity index (χ3v) is 4.07. The van der Waals surface area contributed by atoms with Gasteiger partial charge in [0.25, 0.3) is 0 Å². The van der Waals surface area contributed by atoms with E-state index in [1.54, 1.807) is 0 Å². The molecule has 4 heteroatoms. The molecule has 4 nitrogen and oxygen atoms in total. The number of aryl methyl sites for hydroxylation is 1. The molecule has 0 N–H and O–H groups in total. The Bertz CT molecular complexity index is 747. The second kappa shape index (κ2) is 6.41. The predicted molar refractivity (Wildman–Crippen MR) is 91.2 cm³/mol. The van der Waals surface area contributed by atoms with E-state index in [9.17, 15) is 9.59 Å². The minimum Gasteiger partial charge on any atom is -0.494 e. The van der Waals surface area contributed by atoms with E-state index in [0.717, 1.165) is 28.4 Å². The highest BCUT2D eigenvalue weighted by molar-refractivity contribution is 6.09.